The van der Waals surface area contributed by atoms with Gasteiger partial charge in [0.25, 0.3) is 5.91 Å². The summed E-state index contributed by atoms with van der Waals surface area (Å²) >= 11 is 0. The second kappa shape index (κ2) is 6.80. The zero-order valence-corrected chi connectivity index (χ0v) is 11.3. The molecule has 1 saturated heterocycles. The van der Waals surface area contributed by atoms with E-state index in [0.717, 1.165) is 13.1 Å². The van der Waals surface area contributed by atoms with Crippen LogP contribution in [0.15, 0.2) is 18.3 Å². The summed E-state index contributed by atoms with van der Waals surface area (Å²) in [4.78, 5) is 39.7. The summed E-state index contributed by atoms with van der Waals surface area (Å²) in [6.07, 6.45) is 1.17. The van der Waals surface area contributed by atoms with Gasteiger partial charge >= 0.3 is 5.97 Å². The number of aromatic carboxylic acids is 1. The quantitative estimate of drug-likeness (QED) is 0.652. The molecule has 0 atom stereocenters. The molecule has 0 bridgehead atoms. The van der Waals surface area contributed by atoms with Crippen LogP contribution in [0.5, 0.6) is 0 Å². The van der Waals surface area contributed by atoms with Crippen molar-refractivity contribution in [1.82, 2.24) is 20.5 Å². The fraction of sp³-hybridized carbons (Fsp3) is 0.385. The van der Waals surface area contributed by atoms with E-state index in [2.05, 4.69) is 15.6 Å². The Morgan fingerprint density at radius 2 is 2.00 bits per heavy atom. The first-order chi connectivity index (χ1) is 10.1. The molecule has 1 aromatic rings. The van der Waals surface area contributed by atoms with Crippen LogP contribution in [0, 0.1) is 0 Å². The number of pyridine rings is 1. The van der Waals surface area contributed by atoms with Gasteiger partial charge in [-0.05, 0) is 12.1 Å². The van der Waals surface area contributed by atoms with Crippen molar-refractivity contribution in [2.24, 2.45) is 0 Å². The molecule has 3 N–H and O–H groups in total. The van der Waals surface area contributed by atoms with Crippen molar-refractivity contribution in [3.63, 3.8) is 0 Å². The third-order valence-corrected chi connectivity index (χ3v) is 3.11. The number of hydrogen-bond acceptors (Lipinski definition) is 5. The van der Waals surface area contributed by atoms with Crippen molar-refractivity contribution >= 4 is 17.8 Å². The van der Waals surface area contributed by atoms with Crippen LogP contribution in [0.3, 0.4) is 0 Å². The Labute approximate surface area is 121 Å². The number of carboxylic acids is 1. The Hall–Kier alpha value is -2.48. The number of carbonyl (C=O) groups excluding carboxylic acids is 2. The fourth-order valence-corrected chi connectivity index (χ4v) is 1.94. The number of carbonyl (C=O) groups is 3. The average molecular weight is 292 g/mol. The summed E-state index contributed by atoms with van der Waals surface area (Å²) in [5.41, 5.74) is 0.0801. The number of piperazine rings is 1. The first kappa shape index (κ1) is 14.9. The number of carboxylic acid groups (broad SMARTS) is 1. The maximum atomic E-state index is 11.9. The van der Waals surface area contributed by atoms with Crippen LogP contribution in [-0.2, 0) is 4.79 Å². The largest absolute Gasteiger partial charge is 0.477 e. The maximum absolute atomic E-state index is 11.9. The van der Waals surface area contributed by atoms with Crippen LogP contribution < -0.4 is 10.6 Å². The highest BCUT2D eigenvalue weighted by Crippen LogP contribution is 2.00. The minimum Gasteiger partial charge on any atom is -0.477 e. The smallest absolute Gasteiger partial charge is 0.354 e. The lowest BCUT2D eigenvalue weighted by Crippen LogP contribution is -2.49. The van der Waals surface area contributed by atoms with Gasteiger partial charge in [-0.1, -0.05) is 0 Å². The van der Waals surface area contributed by atoms with Gasteiger partial charge < -0.3 is 20.6 Å². The highest BCUT2D eigenvalue weighted by Gasteiger charge is 2.17. The van der Waals surface area contributed by atoms with Gasteiger partial charge in [0.2, 0.25) is 5.91 Å². The standard InChI is InChI=1S/C13H16N4O4/c18-11(17-5-3-14-4-6-17)8-16-12(19)9-1-2-10(13(20)21)15-7-9/h1-2,7,14H,3-6,8H2,(H,16,19)(H,20,21). The summed E-state index contributed by atoms with van der Waals surface area (Å²) in [5.74, 6) is -1.75. The van der Waals surface area contributed by atoms with E-state index in [1.54, 1.807) is 4.90 Å². The average Bonchev–Trinajstić information content (AvgIpc) is 2.53. The van der Waals surface area contributed by atoms with Crippen LogP contribution in [0.1, 0.15) is 20.8 Å². The molecule has 0 spiro atoms. The minimum absolute atomic E-state index is 0.0838. The predicted molar refractivity (Wildman–Crippen MR) is 73.0 cm³/mol. The maximum Gasteiger partial charge on any atom is 0.354 e. The van der Waals surface area contributed by atoms with Gasteiger partial charge in [0.1, 0.15) is 5.69 Å². The number of amides is 2. The summed E-state index contributed by atoms with van der Waals surface area (Å²) in [7, 11) is 0. The van der Waals surface area contributed by atoms with Gasteiger partial charge in [0.05, 0.1) is 12.1 Å². The lowest BCUT2D eigenvalue weighted by atomic mass is 10.2. The molecule has 0 aliphatic carbocycles. The molecule has 0 unspecified atom stereocenters. The molecule has 1 aliphatic rings. The molecule has 8 nitrogen and oxygen atoms in total. The van der Waals surface area contributed by atoms with Gasteiger partial charge in [0.15, 0.2) is 0 Å². The van der Waals surface area contributed by atoms with Crippen molar-refractivity contribution in [3.05, 3.63) is 29.6 Å². The zero-order chi connectivity index (χ0) is 15.2. The molecule has 1 aromatic heterocycles. The molecule has 1 aliphatic heterocycles. The van der Waals surface area contributed by atoms with E-state index < -0.39 is 11.9 Å². The summed E-state index contributed by atoms with van der Waals surface area (Å²) in [5, 5.41) is 14.4. The molecule has 2 heterocycles. The van der Waals surface area contributed by atoms with Crippen LogP contribution in [0.25, 0.3) is 0 Å². The van der Waals surface area contributed by atoms with E-state index in [9.17, 15) is 14.4 Å². The van der Waals surface area contributed by atoms with Crippen molar-refractivity contribution < 1.29 is 19.5 Å². The van der Waals surface area contributed by atoms with Gasteiger partial charge in [-0.3, -0.25) is 9.59 Å². The van der Waals surface area contributed by atoms with Crippen LogP contribution in [-0.4, -0.2) is 65.5 Å². The molecule has 0 aromatic carbocycles. The topological polar surface area (TPSA) is 112 Å². The Morgan fingerprint density at radius 3 is 2.57 bits per heavy atom. The van der Waals surface area contributed by atoms with Crippen molar-refractivity contribution in [2.45, 2.75) is 0 Å². The van der Waals surface area contributed by atoms with Gasteiger partial charge in [-0.25, -0.2) is 9.78 Å². The Balaban J connectivity index is 1.86. The Kier molecular flexibility index (Phi) is 4.83. The van der Waals surface area contributed by atoms with E-state index in [4.69, 9.17) is 5.11 Å². The van der Waals surface area contributed by atoms with E-state index in [0.29, 0.717) is 13.1 Å². The normalized spacial score (nSPS) is 14.6. The monoisotopic (exact) mass is 292 g/mol. The highest BCUT2D eigenvalue weighted by molar-refractivity contribution is 5.96. The van der Waals surface area contributed by atoms with Crippen LogP contribution in [0.2, 0.25) is 0 Å². The predicted octanol–water partition coefficient (Wildman–Crippen LogP) is -1.06. The number of nitrogens with zero attached hydrogens (tertiary/aromatic N) is 2. The van der Waals surface area contributed by atoms with Gasteiger partial charge in [-0.15, -0.1) is 0 Å². The van der Waals surface area contributed by atoms with Crippen LogP contribution in [0.4, 0.5) is 0 Å². The first-order valence-corrected chi connectivity index (χ1v) is 6.54. The minimum atomic E-state index is -1.16. The summed E-state index contributed by atoms with van der Waals surface area (Å²) in [6.45, 7) is 2.67. The van der Waals surface area contributed by atoms with E-state index in [-0.39, 0.29) is 23.7 Å². The number of rotatable bonds is 4. The number of hydrogen-bond donors (Lipinski definition) is 3. The lowest BCUT2D eigenvalue weighted by Gasteiger charge is -2.27. The third kappa shape index (κ3) is 3.99. The lowest BCUT2D eigenvalue weighted by molar-refractivity contribution is -0.130. The second-order valence-electron chi connectivity index (χ2n) is 4.55. The summed E-state index contributed by atoms with van der Waals surface area (Å²) in [6, 6.07) is 2.61. The van der Waals surface area contributed by atoms with Crippen molar-refractivity contribution in [2.75, 3.05) is 32.7 Å². The van der Waals surface area contributed by atoms with E-state index in [1.165, 1.54) is 18.3 Å². The number of aromatic nitrogens is 1. The van der Waals surface area contributed by atoms with Crippen molar-refractivity contribution in [1.29, 1.82) is 0 Å². The Bertz CT molecular complexity index is 538. The Morgan fingerprint density at radius 1 is 1.29 bits per heavy atom. The SMILES string of the molecule is O=C(NCC(=O)N1CCNCC1)c1ccc(C(=O)O)nc1. The molecule has 112 valence electrons. The zero-order valence-electron chi connectivity index (χ0n) is 11.3. The highest BCUT2D eigenvalue weighted by atomic mass is 16.4. The van der Waals surface area contributed by atoms with E-state index in [1.807, 2.05) is 0 Å². The molecular weight excluding hydrogens is 276 g/mol. The summed E-state index contributed by atoms with van der Waals surface area (Å²) < 4.78 is 0. The molecule has 2 rings (SSSR count). The third-order valence-electron chi connectivity index (χ3n) is 3.11. The molecular formula is C13H16N4O4. The molecule has 0 saturated carbocycles. The molecule has 0 radical (unpaired) electrons. The molecule has 21 heavy (non-hydrogen) atoms. The van der Waals surface area contributed by atoms with Crippen LogP contribution >= 0.6 is 0 Å². The van der Waals surface area contributed by atoms with Gasteiger partial charge in [0, 0.05) is 32.4 Å². The molecule has 1 fully saturated rings. The number of nitrogens with one attached hydrogen (secondary N) is 2. The van der Waals surface area contributed by atoms with E-state index >= 15 is 0 Å². The first-order valence-electron chi connectivity index (χ1n) is 6.54. The second-order valence-corrected chi connectivity index (χ2v) is 4.55. The molecule has 8 heteroatoms. The molecule has 2 amide bonds. The van der Waals surface area contributed by atoms with Gasteiger partial charge in [-0.2, -0.15) is 0 Å². The van der Waals surface area contributed by atoms with Crippen molar-refractivity contribution in [3.8, 4) is 0 Å². The fourth-order valence-electron chi connectivity index (χ4n) is 1.94.